The molecule has 2 aliphatic rings. The Morgan fingerprint density at radius 3 is 2.68 bits per heavy atom. The Balaban J connectivity index is 1.84. The van der Waals surface area contributed by atoms with Gasteiger partial charge in [-0.15, -0.1) is 11.8 Å². The molecule has 7 heteroatoms. The maximum atomic E-state index is 13.2. The quantitative estimate of drug-likeness (QED) is 0.520. The number of pyridine rings is 1. The van der Waals surface area contributed by atoms with E-state index in [2.05, 4.69) is 39.1 Å². The van der Waals surface area contributed by atoms with Gasteiger partial charge in [0.05, 0.1) is 6.04 Å². The average molecular weight is 497 g/mol. The molecule has 3 aromatic rings. The van der Waals surface area contributed by atoms with Gasteiger partial charge in [-0.3, -0.25) is 19.3 Å². The second-order valence-electron chi connectivity index (χ2n) is 8.57. The first kappa shape index (κ1) is 20.4. The largest absolute Gasteiger partial charge is 0.503 e. The van der Waals surface area contributed by atoms with Crippen LogP contribution in [0.25, 0.3) is 0 Å². The van der Waals surface area contributed by atoms with Gasteiger partial charge < -0.3 is 5.11 Å². The first-order chi connectivity index (χ1) is 14.8. The molecule has 0 spiro atoms. The van der Waals surface area contributed by atoms with Crippen molar-refractivity contribution in [1.29, 1.82) is 0 Å². The van der Waals surface area contributed by atoms with E-state index in [1.54, 1.807) is 22.6 Å². The molecule has 1 unspecified atom stereocenters. The standard InChI is InChI=1S/C24H21BrN2O3S/c1-24(2)13-27(26-11-10-17(28)22(29)21(26)23(24)30)20-15-7-3-4-9-18(15)31-12-14-6-5-8-16(25)19(14)20/h3-11,20,29H,12-13H2,1-2H3. The van der Waals surface area contributed by atoms with Gasteiger partial charge in [-0.2, -0.15) is 0 Å². The van der Waals surface area contributed by atoms with E-state index < -0.39 is 16.6 Å². The van der Waals surface area contributed by atoms with Crippen molar-refractivity contribution in [2.75, 3.05) is 11.6 Å². The summed E-state index contributed by atoms with van der Waals surface area (Å²) in [4.78, 5) is 26.6. The van der Waals surface area contributed by atoms with Crippen LogP contribution in [0.2, 0.25) is 0 Å². The van der Waals surface area contributed by atoms with Crippen LogP contribution in [-0.2, 0) is 5.75 Å². The first-order valence-electron chi connectivity index (χ1n) is 10.0. The highest BCUT2D eigenvalue weighted by Gasteiger charge is 2.44. The molecular weight excluding hydrogens is 476 g/mol. The number of carbonyl (C=O) groups is 1. The number of benzene rings is 2. The molecule has 1 N–H and O–H groups in total. The van der Waals surface area contributed by atoms with E-state index in [0.717, 1.165) is 21.4 Å². The minimum absolute atomic E-state index is 0.0479. The van der Waals surface area contributed by atoms with Gasteiger partial charge in [0.1, 0.15) is 0 Å². The van der Waals surface area contributed by atoms with E-state index in [1.807, 2.05) is 38.1 Å². The summed E-state index contributed by atoms with van der Waals surface area (Å²) in [5.41, 5.74) is 2.20. The van der Waals surface area contributed by atoms with Crippen molar-refractivity contribution in [1.82, 2.24) is 4.68 Å². The minimum atomic E-state index is -0.777. The Morgan fingerprint density at radius 1 is 1.10 bits per heavy atom. The van der Waals surface area contributed by atoms with Gasteiger partial charge in [0.2, 0.25) is 5.43 Å². The molecule has 0 aliphatic carbocycles. The van der Waals surface area contributed by atoms with Gasteiger partial charge in [0, 0.05) is 39.3 Å². The van der Waals surface area contributed by atoms with Crippen molar-refractivity contribution < 1.29 is 9.90 Å². The van der Waals surface area contributed by atoms with Crippen molar-refractivity contribution in [3.05, 3.63) is 91.8 Å². The molecular formula is C24H21BrN2O3S. The molecule has 0 radical (unpaired) electrons. The number of thioether (sulfide) groups is 1. The van der Waals surface area contributed by atoms with Gasteiger partial charge in [0.25, 0.3) is 0 Å². The molecule has 2 aliphatic heterocycles. The van der Waals surface area contributed by atoms with E-state index in [-0.39, 0.29) is 17.5 Å². The van der Waals surface area contributed by atoms with E-state index in [0.29, 0.717) is 6.54 Å². The van der Waals surface area contributed by atoms with Crippen LogP contribution in [0.15, 0.2) is 68.9 Å². The summed E-state index contributed by atoms with van der Waals surface area (Å²) < 4.78 is 2.67. The van der Waals surface area contributed by atoms with Crippen LogP contribution in [0, 0.1) is 5.41 Å². The van der Waals surface area contributed by atoms with Gasteiger partial charge in [0.15, 0.2) is 17.2 Å². The number of ketones is 1. The number of fused-ring (bicyclic) bond motifs is 3. The molecule has 3 heterocycles. The van der Waals surface area contributed by atoms with Gasteiger partial charge in [-0.05, 0) is 28.8 Å². The second-order valence-corrected chi connectivity index (χ2v) is 10.4. The van der Waals surface area contributed by atoms with Crippen LogP contribution in [-0.4, -0.2) is 22.1 Å². The lowest BCUT2D eigenvalue weighted by molar-refractivity contribution is 0.0786. The zero-order valence-corrected chi connectivity index (χ0v) is 19.5. The number of nitrogens with zero attached hydrogens (tertiary/aromatic N) is 2. The molecule has 0 saturated carbocycles. The molecule has 31 heavy (non-hydrogen) atoms. The van der Waals surface area contributed by atoms with Gasteiger partial charge in [-0.25, -0.2) is 0 Å². The number of hydrogen-bond donors (Lipinski definition) is 1. The van der Waals surface area contributed by atoms with Crippen molar-refractivity contribution in [3.63, 3.8) is 0 Å². The fourth-order valence-corrected chi connectivity index (χ4v) is 6.21. The highest BCUT2D eigenvalue weighted by atomic mass is 79.9. The molecule has 5 nitrogen and oxygen atoms in total. The maximum Gasteiger partial charge on any atom is 0.224 e. The van der Waals surface area contributed by atoms with Gasteiger partial charge in [-0.1, -0.05) is 60.1 Å². The SMILES string of the molecule is CC1(C)CN(C2c3ccccc3SCc3cccc(Br)c32)n2ccc(=O)c(O)c2C1=O. The summed E-state index contributed by atoms with van der Waals surface area (Å²) in [5.74, 6) is 0.109. The molecule has 1 aromatic heterocycles. The minimum Gasteiger partial charge on any atom is -0.503 e. The van der Waals surface area contributed by atoms with E-state index in [4.69, 9.17) is 0 Å². The van der Waals surface area contributed by atoms with Crippen molar-refractivity contribution >= 4 is 33.5 Å². The fraction of sp³-hybridized carbons (Fsp3) is 0.250. The molecule has 5 rings (SSSR count). The average Bonchev–Trinajstić information content (AvgIpc) is 2.91. The van der Waals surface area contributed by atoms with E-state index in [1.165, 1.54) is 16.5 Å². The number of halogens is 1. The van der Waals surface area contributed by atoms with E-state index in [9.17, 15) is 14.7 Å². The first-order valence-corrected chi connectivity index (χ1v) is 11.8. The zero-order chi connectivity index (χ0) is 21.9. The molecule has 0 saturated heterocycles. The molecule has 158 valence electrons. The van der Waals surface area contributed by atoms with Crippen molar-refractivity contribution in [3.8, 4) is 5.75 Å². The number of aromatic nitrogens is 1. The Bertz CT molecular complexity index is 1280. The predicted octanol–water partition coefficient (Wildman–Crippen LogP) is 4.87. The third-order valence-corrected chi connectivity index (χ3v) is 7.86. The summed E-state index contributed by atoms with van der Waals surface area (Å²) in [6, 6.07) is 15.6. The van der Waals surface area contributed by atoms with Crippen LogP contribution in [0.4, 0.5) is 0 Å². The van der Waals surface area contributed by atoms with E-state index >= 15 is 0 Å². The number of aromatic hydroxyl groups is 1. The molecule has 0 fully saturated rings. The summed E-state index contributed by atoms with van der Waals surface area (Å²) >= 11 is 5.56. The third kappa shape index (κ3) is 3.13. The maximum absolute atomic E-state index is 13.2. The smallest absolute Gasteiger partial charge is 0.224 e. The number of hydrogen-bond acceptors (Lipinski definition) is 5. The number of Topliss-reactive ketones (excluding diaryl/α,β-unsaturated/α-hetero) is 1. The second kappa shape index (κ2) is 7.28. The molecule has 2 aromatic carbocycles. The topological polar surface area (TPSA) is 62.5 Å². The Morgan fingerprint density at radius 2 is 1.87 bits per heavy atom. The van der Waals surface area contributed by atoms with Crippen molar-refractivity contribution in [2.45, 2.75) is 30.5 Å². The van der Waals surface area contributed by atoms with Crippen LogP contribution >= 0.6 is 27.7 Å². The Kier molecular flexibility index (Phi) is 4.79. The summed E-state index contributed by atoms with van der Waals surface area (Å²) in [7, 11) is 0. The highest BCUT2D eigenvalue weighted by Crippen LogP contribution is 2.46. The van der Waals surface area contributed by atoms with Crippen LogP contribution in [0.1, 0.15) is 47.1 Å². The number of carbonyl (C=O) groups excluding carboxylic acids is 1. The fourth-order valence-electron chi connectivity index (χ4n) is 4.50. The van der Waals surface area contributed by atoms with Crippen LogP contribution in [0.3, 0.4) is 0 Å². The lowest BCUT2D eigenvalue weighted by Gasteiger charge is -2.45. The molecule has 0 bridgehead atoms. The summed E-state index contributed by atoms with van der Waals surface area (Å²) in [6.45, 7) is 4.16. The Labute approximate surface area is 192 Å². The lowest BCUT2D eigenvalue weighted by Crippen LogP contribution is -2.54. The predicted molar refractivity (Wildman–Crippen MR) is 126 cm³/mol. The lowest BCUT2D eigenvalue weighted by atomic mass is 9.82. The normalized spacial score (nSPS) is 19.3. The zero-order valence-electron chi connectivity index (χ0n) is 17.1. The van der Waals surface area contributed by atoms with Crippen molar-refractivity contribution in [2.24, 2.45) is 5.41 Å². The molecule has 1 atom stereocenters. The van der Waals surface area contributed by atoms with Crippen LogP contribution in [0.5, 0.6) is 5.75 Å². The Hall–Kier alpha value is -2.51. The van der Waals surface area contributed by atoms with Crippen LogP contribution < -0.4 is 10.4 Å². The summed E-state index contributed by atoms with van der Waals surface area (Å²) in [6.07, 6.45) is 1.60. The molecule has 0 amide bonds. The summed E-state index contributed by atoms with van der Waals surface area (Å²) in [5, 5.41) is 12.7. The highest BCUT2D eigenvalue weighted by molar-refractivity contribution is 9.10. The monoisotopic (exact) mass is 496 g/mol. The third-order valence-electron chi connectivity index (χ3n) is 6.03. The number of rotatable bonds is 1. The van der Waals surface area contributed by atoms with Gasteiger partial charge >= 0.3 is 0 Å².